The number of benzene rings is 1. The first-order valence-electron chi connectivity index (χ1n) is 5.75. The highest BCUT2D eigenvalue weighted by Crippen LogP contribution is 2.04. The molecule has 0 saturated carbocycles. The van der Waals surface area contributed by atoms with Crippen LogP contribution in [-0.4, -0.2) is 18.5 Å². The largest absolute Gasteiger partial charge is 0.352 e. The molecule has 1 atom stereocenters. The zero-order chi connectivity index (χ0) is 11.8. The second kappa shape index (κ2) is 7.01. The Kier molecular flexibility index (Phi) is 5.57. The molecule has 3 heteroatoms. The quantitative estimate of drug-likeness (QED) is 0.763. The molecule has 1 aromatic carbocycles. The summed E-state index contributed by atoms with van der Waals surface area (Å²) in [6.45, 7) is 2.40. The Labute approximate surface area is 97.0 Å². The lowest BCUT2D eigenvalue weighted by Crippen LogP contribution is -2.37. The van der Waals surface area contributed by atoms with E-state index in [2.05, 4.69) is 17.4 Å². The van der Waals surface area contributed by atoms with Gasteiger partial charge < -0.3 is 11.1 Å². The SMILES string of the molecule is C[C@@H](CN)NC(=O)CCCc1ccccc1. The summed E-state index contributed by atoms with van der Waals surface area (Å²) in [5.41, 5.74) is 6.71. The Hall–Kier alpha value is -1.35. The number of aryl methyl sites for hydroxylation is 1. The molecular weight excluding hydrogens is 200 g/mol. The lowest BCUT2D eigenvalue weighted by Gasteiger charge is -2.10. The number of rotatable bonds is 6. The van der Waals surface area contributed by atoms with Crippen LogP contribution in [0.1, 0.15) is 25.3 Å². The van der Waals surface area contributed by atoms with Crippen LogP contribution in [0.15, 0.2) is 30.3 Å². The molecule has 1 rings (SSSR count). The fraction of sp³-hybridized carbons (Fsp3) is 0.462. The first-order valence-corrected chi connectivity index (χ1v) is 5.75. The smallest absolute Gasteiger partial charge is 0.220 e. The molecule has 0 spiro atoms. The van der Waals surface area contributed by atoms with Crippen molar-refractivity contribution in [3.63, 3.8) is 0 Å². The van der Waals surface area contributed by atoms with Gasteiger partial charge in [0.05, 0.1) is 0 Å². The number of nitrogens with one attached hydrogen (secondary N) is 1. The third-order valence-electron chi connectivity index (χ3n) is 2.47. The van der Waals surface area contributed by atoms with Crippen molar-refractivity contribution in [2.75, 3.05) is 6.54 Å². The van der Waals surface area contributed by atoms with Crippen LogP contribution in [-0.2, 0) is 11.2 Å². The number of nitrogens with two attached hydrogens (primary N) is 1. The van der Waals surface area contributed by atoms with Crippen molar-refractivity contribution in [1.29, 1.82) is 0 Å². The Morgan fingerprint density at radius 1 is 1.38 bits per heavy atom. The molecule has 3 N–H and O–H groups in total. The highest BCUT2D eigenvalue weighted by molar-refractivity contribution is 5.76. The lowest BCUT2D eigenvalue weighted by atomic mass is 10.1. The second-order valence-corrected chi connectivity index (χ2v) is 4.04. The molecule has 0 fully saturated rings. The van der Waals surface area contributed by atoms with E-state index in [0.717, 1.165) is 12.8 Å². The second-order valence-electron chi connectivity index (χ2n) is 4.04. The van der Waals surface area contributed by atoms with Gasteiger partial charge in [-0.1, -0.05) is 30.3 Å². The lowest BCUT2D eigenvalue weighted by molar-refractivity contribution is -0.121. The Morgan fingerprint density at radius 2 is 2.06 bits per heavy atom. The first kappa shape index (κ1) is 12.7. The van der Waals surface area contributed by atoms with Crippen LogP contribution in [0.3, 0.4) is 0 Å². The minimum absolute atomic E-state index is 0.0734. The van der Waals surface area contributed by atoms with E-state index in [4.69, 9.17) is 5.73 Å². The molecule has 0 aliphatic rings. The van der Waals surface area contributed by atoms with Crippen molar-refractivity contribution in [2.24, 2.45) is 5.73 Å². The van der Waals surface area contributed by atoms with Crippen LogP contribution in [0, 0.1) is 0 Å². The van der Waals surface area contributed by atoms with E-state index in [1.165, 1.54) is 5.56 Å². The van der Waals surface area contributed by atoms with E-state index in [0.29, 0.717) is 13.0 Å². The maximum atomic E-state index is 11.4. The number of carbonyl (C=O) groups excluding carboxylic acids is 1. The average molecular weight is 220 g/mol. The van der Waals surface area contributed by atoms with Crippen molar-refractivity contribution >= 4 is 5.91 Å². The maximum absolute atomic E-state index is 11.4. The molecule has 3 nitrogen and oxygen atoms in total. The molecular formula is C13H20N2O. The molecule has 0 bridgehead atoms. The zero-order valence-corrected chi connectivity index (χ0v) is 9.78. The van der Waals surface area contributed by atoms with E-state index in [1.54, 1.807) is 0 Å². The van der Waals surface area contributed by atoms with E-state index in [9.17, 15) is 4.79 Å². The molecule has 16 heavy (non-hydrogen) atoms. The normalized spacial score (nSPS) is 12.1. The van der Waals surface area contributed by atoms with Crippen LogP contribution >= 0.6 is 0 Å². The molecule has 0 aromatic heterocycles. The molecule has 0 aliphatic heterocycles. The standard InChI is InChI=1S/C13H20N2O/c1-11(10-14)15-13(16)9-5-8-12-6-3-2-4-7-12/h2-4,6-7,11H,5,8-10,14H2,1H3,(H,15,16)/t11-/m0/s1. The van der Waals surface area contributed by atoms with Crippen molar-refractivity contribution < 1.29 is 4.79 Å². The predicted octanol–water partition coefficient (Wildman–Crippen LogP) is 1.47. The van der Waals surface area contributed by atoms with E-state index in [-0.39, 0.29) is 11.9 Å². The fourth-order valence-electron chi connectivity index (χ4n) is 1.50. The van der Waals surface area contributed by atoms with Gasteiger partial charge in [0.2, 0.25) is 5.91 Å². The zero-order valence-electron chi connectivity index (χ0n) is 9.78. The monoisotopic (exact) mass is 220 g/mol. The van der Waals surface area contributed by atoms with Crippen LogP contribution in [0.4, 0.5) is 0 Å². The van der Waals surface area contributed by atoms with Gasteiger partial charge in [-0.15, -0.1) is 0 Å². The maximum Gasteiger partial charge on any atom is 0.220 e. The third kappa shape index (κ3) is 4.94. The molecule has 0 saturated heterocycles. The van der Waals surface area contributed by atoms with Crippen molar-refractivity contribution in [3.05, 3.63) is 35.9 Å². The molecule has 1 amide bonds. The van der Waals surface area contributed by atoms with Gasteiger partial charge in [-0.25, -0.2) is 0 Å². The van der Waals surface area contributed by atoms with Crippen molar-refractivity contribution in [3.8, 4) is 0 Å². The third-order valence-corrected chi connectivity index (χ3v) is 2.47. The fourth-order valence-corrected chi connectivity index (χ4v) is 1.50. The first-order chi connectivity index (χ1) is 7.72. The number of hydrogen-bond acceptors (Lipinski definition) is 2. The summed E-state index contributed by atoms with van der Waals surface area (Å²) in [5.74, 6) is 0.0916. The van der Waals surface area contributed by atoms with Gasteiger partial charge in [-0.05, 0) is 25.3 Å². The molecule has 0 aliphatic carbocycles. The summed E-state index contributed by atoms with van der Waals surface area (Å²) in [4.78, 5) is 11.4. The Bertz CT molecular complexity index is 311. The van der Waals surface area contributed by atoms with E-state index in [1.807, 2.05) is 25.1 Å². The van der Waals surface area contributed by atoms with Gasteiger partial charge in [-0.3, -0.25) is 4.79 Å². The van der Waals surface area contributed by atoms with Crippen molar-refractivity contribution in [1.82, 2.24) is 5.32 Å². The summed E-state index contributed by atoms with van der Waals surface area (Å²) in [5, 5.41) is 2.85. The molecule has 0 heterocycles. The number of amides is 1. The van der Waals surface area contributed by atoms with Gasteiger partial charge in [0, 0.05) is 19.0 Å². The summed E-state index contributed by atoms with van der Waals surface area (Å²) in [7, 11) is 0. The molecule has 1 aromatic rings. The molecule has 0 unspecified atom stereocenters. The van der Waals surface area contributed by atoms with Gasteiger partial charge in [0.1, 0.15) is 0 Å². The summed E-state index contributed by atoms with van der Waals surface area (Å²) in [6.07, 6.45) is 2.40. The highest BCUT2D eigenvalue weighted by atomic mass is 16.1. The van der Waals surface area contributed by atoms with Crippen molar-refractivity contribution in [2.45, 2.75) is 32.2 Å². The van der Waals surface area contributed by atoms with Crippen LogP contribution in [0.5, 0.6) is 0 Å². The summed E-state index contributed by atoms with van der Waals surface area (Å²) < 4.78 is 0. The van der Waals surface area contributed by atoms with Gasteiger partial charge in [0.15, 0.2) is 0 Å². The average Bonchev–Trinajstić information content (AvgIpc) is 2.30. The Balaban J connectivity index is 2.18. The minimum Gasteiger partial charge on any atom is -0.352 e. The van der Waals surface area contributed by atoms with Crippen LogP contribution in [0.2, 0.25) is 0 Å². The molecule has 0 radical (unpaired) electrons. The van der Waals surface area contributed by atoms with Crippen LogP contribution in [0.25, 0.3) is 0 Å². The van der Waals surface area contributed by atoms with Gasteiger partial charge in [0.25, 0.3) is 0 Å². The number of carbonyl (C=O) groups is 1. The predicted molar refractivity (Wildman–Crippen MR) is 66.0 cm³/mol. The highest BCUT2D eigenvalue weighted by Gasteiger charge is 2.04. The summed E-state index contributed by atoms with van der Waals surface area (Å²) >= 11 is 0. The minimum atomic E-state index is 0.0734. The summed E-state index contributed by atoms with van der Waals surface area (Å²) in [6, 6.07) is 10.3. The topological polar surface area (TPSA) is 55.1 Å². The van der Waals surface area contributed by atoms with Crippen LogP contribution < -0.4 is 11.1 Å². The van der Waals surface area contributed by atoms with E-state index < -0.39 is 0 Å². The number of hydrogen-bond donors (Lipinski definition) is 2. The van der Waals surface area contributed by atoms with Gasteiger partial charge in [-0.2, -0.15) is 0 Å². The van der Waals surface area contributed by atoms with Gasteiger partial charge >= 0.3 is 0 Å². The van der Waals surface area contributed by atoms with E-state index >= 15 is 0 Å². The molecule has 88 valence electrons. The Morgan fingerprint density at radius 3 is 2.69 bits per heavy atom.